The van der Waals surface area contributed by atoms with Gasteiger partial charge in [-0.1, -0.05) is 39.0 Å². The highest BCUT2D eigenvalue weighted by molar-refractivity contribution is 5.81. The van der Waals surface area contributed by atoms with Gasteiger partial charge < -0.3 is 10.3 Å². The molecule has 4 heteroatoms. The van der Waals surface area contributed by atoms with Gasteiger partial charge in [0.05, 0.1) is 0 Å². The summed E-state index contributed by atoms with van der Waals surface area (Å²) in [5.74, 6) is -1.13. The van der Waals surface area contributed by atoms with Crippen LogP contribution in [0.2, 0.25) is 0 Å². The average Bonchev–Trinajstić information content (AvgIpc) is 2.27. The van der Waals surface area contributed by atoms with E-state index in [2.05, 4.69) is 0 Å². The number of hydroxylamine groups is 1. The van der Waals surface area contributed by atoms with Crippen molar-refractivity contribution >= 4 is 12.2 Å². The van der Waals surface area contributed by atoms with Gasteiger partial charge in [-0.15, -0.1) is 0 Å². The van der Waals surface area contributed by atoms with Crippen molar-refractivity contribution in [3.8, 4) is 0 Å². The van der Waals surface area contributed by atoms with E-state index in [0.29, 0.717) is 10.3 Å². The maximum Gasteiger partial charge on any atom is 0.377 e. The molecule has 98 valence electrons. The summed E-state index contributed by atoms with van der Waals surface area (Å²) < 4.78 is 0.532. The lowest BCUT2D eigenvalue weighted by Crippen LogP contribution is -2.54. The number of rotatable bonds is 3. The molecule has 4 nitrogen and oxygen atoms in total. The Morgan fingerprint density at radius 3 is 2.11 bits per heavy atom. The molecule has 1 aromatic rings. The molecular formula is C14H19NO3. The van der Waals surface area contributed by atoms with Gasteiger partial charge in [0, 0.05) is 17.9 Å². The summed E-state index contributed by atoms with van der Waals surface area (Å²) in [6.45, 7) is 6.67. The Hall–Kier alpha value is -1.84. The summed E-state index contributed by atoms with van der Waals surface area (Å²) in [6.07, 6.45) is 1.32. The molecule has 0 saturated carbocycles. The van der Waals surface area contributed by atoms with E-state index >= 15 is 0 Å². The molecule has 0 saturated heterocycles. The SMILES string of the molecule is CC(C)(C)[C@](C)(C(=O)O)[N+]([O-])=Cc1ccccc1. The summed E-state index contributed by atoms with van der Waals surface area (Å²) in [6, 6.07) is 8.96. The molecule has 1 aromatic carbocycles. The fourth-order valence-electron chi connectivity index (χ4n) is 1.55. The topological polar surface area (TPSA) is 63.4 Å². The van der Waals surface area contributed by atoms with Crippen LogP contribution in [0.15, 0.2) is 30.3 Å². The molecule has 0 aliphatic heterocycles. The third-order valence-corrected chi connectivity index (χ3v) is 3.38. The molecule has 0 bridgehead atoms. The number of nitrogens with zero attached hydrogens (tertiary/aromatic N) is 1. The molecule has 0 aliphatic rings. The van der Waals surface area contributed by atoms with E-state index in [9.17, 15) is 15.1 Å². The number of hydrogen-bond donors (Lipinski definition) is 1. The summed E-state index contributed by atoms with van der Waals surface area (Å²) in [5, 5.41) is 21.6. The van der Waals surface area contributed by atoms with Crippen LogP contribution in [0.5, 0.6) is 0 Å². The number of aliphatic carboxylic acids is 1. The molecule has 1 atom stereocenters. The zero-order valence-corrected chi connectivity index (χ0v) is 11.2. The highest BCUT2D eigenvalue weighted by Gasteiger charge is 2.52. The Morgan fingerprint density at radius 2 is 1.72 bits per heavy atom. The van der Waals surface area contributed by atoms with Gasteiger partial charge in [0.1, 0.15) is 0 Å². The Morgan fingerprint density at radius 1 is 1.22 bits per heavy atom. The van der Waals surface area contributed by atoms with Crippen molar-refractivity contribution in [1.29, 1.82) is 0 Å². The van der Waals surface area contributed by atoms with Crippen molar-refractivity contribution in [2.24, 2.45) is 5.41 Å². The van der Waals surface area contributed by atoms with E-state index in [1.54, 1.807) is 45.0 Å². The molecule has 0 amide bonds. The van der Waals surface area contributed by atoms with E-state index in [1.165, 1.54) is 13.1 Å². The monoisotopic (exact) mass is 249 g/mol. The predicted molar refractivity (Wildman–Crippen MR) is 70.7 cm³/mol. The molecule has 0 spiro atoms. The zero-order chi connectivity index (χ0) is 14.0. The first-order chi connectivity index (χ1) is 8.19. The van der Waals surface area contributed by atoms with Crippen LogP contribution in [0, 0.1) is 10.6 Å². The van der Waals surface area contributed by atoms with Gasteiger partial charge in [0.2, 0.25) is 0 Å². The third-order valence-electron chi connectivity index (χ3n) is 3.38. The molecular weight excluding hydrogens is 230 g/mol. The zero-order valence-electron chi connectivity index (χ0n) is 11.2. The molecule has 0 radical (unpaired) electrons. The summed E-state index contributed by atoms with van der Waals surface area (Å²) in [4.78, 5) is 11.4. The fraction of sp³-hybridized carbons (Fsp3) is 0.429. The molecule has 0 heterocycles. The first-order valence-corrected chi connectivity index (χ1v) is 5.79. The normalized spacial score (nSPS) is 16.1. The van der Waals surface area contributed by atoms with Gasteiger partial charge in [-0.25, -0.2) is 4.79 Å². The molecule has 0 aromatic heterocycles. The molecule has 1 N–H and O–H groups in total. The highest BCUT2D eigenvalue weighted by atomic mass is 16.5. The largest absolute Gasteiger partial charge is 0.623 e. The second-order valence-corrected chi connectivity index (χ2v) is 5.49. The fourth-order valence-corrected chi connectivity index (χ4v) is 1.55. The minimum atomic E-state index is -1.51. The van der Waals surface area contributed by atoms with Crippen molar-refractivity contribution in [1.82, 2.24) is 0 Å². The first-order valence-electron chi connectivity index (χ1n) is 5.79. The van der Waals surface area contributed by atoms with Crippen molar-refractivity contribution in [3.63, 3.8) is 0 Å². The molecule has 0 fully saturated rings. The summed E-state index contributed by atoms with van der Waals surface area (Å²) in [5.41, 5.74) is -1.52. The standard InChI is InChI=1S/C14H19NO3/c1-13(2,3)14(4,12(16)17)15(18)10-11-8-6-5-7-9-11/h5-10H,1-4H3,(H,16,17)/t14-/m0/s1. The smallest absolute Gasteiger partial charge is 0.377 e. The van der Waals surface area contributed by atoms with Gasteiger partial charge in [-0.2, -0.15) is 4.74 Å². The lowest BCUT2D eigenvalue weighted by molar-refractivity contribution is -0.545. The molecule has 0 aliphatic carbocycles. The highest BCUT2D eigenvalue weighted by Crippen LogP contribution is 2.33. The lowest BCUT2D eigenvalue weighted by atomic mass is 9.75. The van der Waals surface area contributed by atoms with E-state index in [4.69, 9.17) is 0 Å². The number of carboxylic acids is 1. The van der Waals surface area contributed by atoms with Crippen LogP contribution in [0.25, 0.3) is 0 Å². The lowest BCUT2D eigenvalue weighted by Gasteiger charge is -2.35. The van der Waals surface area contributed by atoms with Gasteiger partial charge in [-0.3, -0.25) is 0 Å². The van der Waals surface area contributed by atoms with Crippen LogP contribution >= 0.6 is 0 Å². The number of benzene rings is 1. The maximum absolute atomic E-state index is 12.2. The number of hydrogen-bond acceptors (Lipinski definition) is 2. The minimum Gasteiger partial charge on any atom is -0.623 e. The minimum absolute atomic E-state index is 0.532. The first kappa shape index (κ1) is 14.2. The van der Waals surface area contributed by atoms with Gasteiger partial charge >= 0.3 is 5.97 Å². The van der Waals surface area contributed by atoms with Crippen LogP contribution < -0.4 is 0 Å². The third kappa shape index (κ3) is 2.53. The van der Waals surface area contributed by atoms with E-state index in [0.717, 1.165) is 0 Å². The molecule has 18 heavy (non-hydrogen) atoms. The number of carbonyl (C=O) groups is 1. The van der Waals surface area contributed by atoms with E-state index < -0.39 is 16.9 Å². The van der Waals surface area contributed by atoms with Crippen LogP contribution in [0.3, 0.4) is 0 Å². The van der Waals surface area contributed by atoms with Crippen molar-refractivity contribution < 1.29 is 14.6 Å². The summed E-state index contributed by atoms with van der Waals surface area (Å²) in [7, 11) is 0. The second kappa shape index (κ2) is 4.80. The van der Waals surface area contributed by atoms with Crippen molar-refractivity contribution in [2.45, 2.75) is 33.2 Å². The van der Waals surface area contributed by atoms with E-state index in [-0.39, 0.29) is 0 Å². The Bertz CT molecular complexity index is 460. The number of carboxylic acid groups (broad SMARTS) is 1. The van der Waals surface area contributed by atoms with Crippen LogP contribution in [-0.4, -0.2) is 27.6 Å². The average molecular weight is 249 g/mol. The van der Waals surface area contributed by atoms with Gasteiger partial charge in [-0.05, 0) is 12.1 Å². The molecule has 1 rings (SSSR count). The Labute approximate surface area is 107 Å². The van der Waals surface area contributed by atoms with Crippen LogP contribution in [0.1, 0.15) is 33.3 Å². The molecule has 0 unspecified atom stereocenters. The Balaban J connectivity index is 3.25. The van der Waals surface area contributed by atoms with Crippen molar-refractivity contribution in [2.75, 3.05) is 0 Å². The van der Waals surface area contributed by atoms with Crippen molar-refractivity contribution in [3.05, 3.63) is 41.1 Å². The maximum atomic E-state index is 12.2. The van der Waals surface area contributed by atoms with Crippen LogP contribution in [-0.2, 0) is 4.79 Å². The quantitative estimate of drug-likeness (QED) is 0.387. The van der Waals surface area contributed by atoms with Gasteiger partial charge in [0.15, 0.2) is 6.21 Å². The Kier molecular flexibility index (Phi) is 3.79. The van der Waals surface area contributed by atoms with Crippen LogP contribution in [0.4, 0.5) is 0 Å². The predicted octanol–water partition coefficient (Wildman–Crippen LogP) is 2.51. The van der Waals surface area contributed by atoms with E-state index in [1.807, 2.05) is 6.07 Å². The summed E-state index contributed by atoms with van der Waals surface area (Å²) >= 11 is 0. The van der Waals surface area contributed by atoms with Gasteiger partial charge in [0.25, 0.3) is 5.54 Å². The second-order valence-electron chi connectivity index (χ2n) is 5.49.